The van der Waals surface area contributed by atoms with Gasteiger partial charge in [-0.15, -0.1) is 22.7 Å². The van der Waals surface area contributed by atoms with E-state index in [-0.39, 0.29) is 11.8 Å². The van der Waals surface area contributed by atoms with Gasteiger partial charge in [-0.3, -0.25) is 9.59 Å². The number of rotatable bonds is 12. The molecule has 0 aliphatic rings. The largest absolute Gasteiger partial charge is 0.356 e. The summed E-state index contributed by atoms with van der Waals surface area (Å²) in [5.41, 5.74) is 1.03. The topological polar surface area (TPSA) is 62.3 Å². The van der Waals surface area contributed by atoms with Crippen LogP contribution in [0.2, 0.25) is 0 Å². The van der Waals surface area contributed by atoms with Crippen LogP contribution in [-0.4, -0.2) is 41.3 Å². The van der Waals surface area contributed by atoms with E-state index in [0.29, 0.717) is 25.8 Å². The Labute approximate surface area is 176 Å². The first-order valence-corrected chi connectivity index (χ1v) is 11.8. The number of amides is 2. The predicted octanol–water partition coefficient (Wildman–Crippen LogP) is 4.66. The van der Waals surface area contributed by atoms with E-state index in [1.54, 1.807) is 22.7 Å². The molecule has 28 heavy (non-hydrogen) atoms. The highest BCUT2D eigenvalue weighted by molar-refractivity contribution is 7.16. The van der Waals surface area contributed by atoms with Gasteiger partial charge in [-0.05, 0) is 44.7 Å². The molecule has 0 spiro atoms. The lowest BCUT2D eigenvalue weighted by atomic mass is 10.2. The Bertz CT molecular complexity index is 748. The normalized spacial score (nSPS) is 10.8. The van der Waals surface area contributed by atoms with Gasteiger partial charge in [0.25, 0.3) is 0 Å². The molecule has 0 radical (unpaired) electrons. The van der Waals surface area contributed by atoms with Crippen molar-refractivity contribution in [1.82, 2.24) is 15.2 Å². The minimum absolute atomic E-state index is 0.0252. The number of hydrogen-bond donors (Lipinski definition) is 1. The second-order valence-corrected chi connectivity index (χ2v) is 9.08. The Balaban J connectivity index is 1.65. The summed E-state index contributed by atoms with van der Waals surface area (Å²) < 4.78 is 0. The van der Waals surface area contributed by atoms with Crippen molar-refractivity contribution in [3.8, 4) is 10.6 Å². The first-order chi connectivity index (χ1) is 13.5. The van der Waals surface area contributed by atoms with Crippen LogP contribution in [0.25, 0.3) is 10.6 Å². The average Bonchev–Trinajstić information content (AvgIpc) is 3.30. The van der Waals surface area contributed by atoms with Crippen LogP contribution in [0.15, 0.2) is 17.5 Å². The lowest BCUT2D eigenvalue weighted by Crippen LogP contribution is -2.32. The SMILES string of the molecule is CCCN(CCC)C(=O)CCCC(=O)NCCc1ccc(-c2csc(C)n2)s1. The molecular weight excluding hydrogens is 390 g/mol. The molecule has 0 saturated carbocycles. The van der Waals surface area contributed by atoms with E-state index in [1.165, 1.54) is 9.75 Å². The zero-order valence-corrected chi connectivity index (χ0v) is 18.8. The molecule has 2 amide bonds. The van der Waals surface area contributed by atoms with Crippen molar-refractivity contribution in [2.75, 3.05) is 19.6 Å². The molecule has 1 N–H and O–H groups in total. The van der Waals surface area contributed by atoms with Gasteiger partial charge < -0.3 is 10.2 Å². The summed E-state index contributed by atoms with van der Waals surface area (Å²) in [5, 5.41) is 6.12. The van der Waals surface area contributed by atoms with Crippen LogP contribution in [0.5, 0.6) is 0 Å². The van der Waals surface area contributed by atoms with Crippen molar-refractivity contribution in [3.05, 3.63) is 27.4 Å². The molecule has 7 heteroatoms. The zero-order chi connectivity index (χ0) is 20.4. The average molecular weight is 422 g/mol. The van der Waals surface area contributed by atoms with Crippen LogP contribution in [-0.2, 0) is 16.0 Å². The first-order valence-electron chi connectivity index (χ1n) is 10.1. The van der Waals surface area contributed by atoms with Gasteiger partial charge >= 0.3 is 0 Å². The Hall–Kier alpha value is -1.73. The molecule has 2 aromatic heterocycles. The number of carbonyl (C=O) groups is 2. The van der Waals surface area contributed by atoms with Gasteiger partial charge in [-0.1, -0.05) is 13.8 Å². The van der Waals surface area contributed by atoms with Gasteiger partial charge in [0.15, 0.2) is 0 Å². The number of nitrogens with one attached hydrogen (secondary N) is 1. The molecule has 2 aromatic rings. The standard InChI is InChI=1S/C21H31N3O2S2/c1-4-13-24(14-5-2)21(26)8-6-7-20(25)22-12-11-17-9-10-19(28-17)18-15-27-16(3)23-18/h9-10,15H,4-8,11-14H2,1-3H3,(H,22,25). The van der Waals surface area contributed by atoms with E-state index >= 15 is 0 Å². The highest BCUT2D eigenvalue weighted by atomic mass is 32.1. The van der Waals surface area contributed by atoms with Crippen LogP contribution in [0.1, 0.15) is 55.8 Å². The van der Waals surface area contributed by atoms with E-state index in [4.69, 9.17) is 0 Å². The molecule has 5 nitrogen and oxygen atoms in total. The molecule has 0 unspecified atom stereocenters. The highest BCUT2D eigenvalue weighted by Crippen LogP contribution is 2.29. The summed E-state index contributed by atoms with van der Waals surface area (Å²) >= 11 is 3.39. The van der Waals surface area contributed by atoms with E-state index in [1.807, 2.05) is 11.8 Å². The Kier molecular flexibility index (Phi) is 9.64. The Morgan fingerprint density at radius 1 is 1.14 bits per heavy atom. The van der Waals surface area contributed by atoms with E-state index in [0.717, 1.165) is 43.1 Å². The zero-order valence-electron chi connectivity index (χ0n) is 17.1. The number of carbonyl (C=O) groups excluding carboxylic acids is 2. The smallest absolute Gasteiger partial charge is 0.222 e. The molecule has 0 bridgehead atoms. The minimum atomic E-state index is 0.0252. The number of aryl methyl sites for hydroxylation is 1. The summed E-state index contributed by atoms with van der Waals surface area (Å²) in [7, 11) is 0. The van der Waals surface area contributed by atoms with Gasteiger partial charge in [-0.25, -0.2) is 4.98 Å². The lowest BCUT2D eigenvalue weighted by Gasteiger charge is -2.21. The number of aromatic nitrogens is 1. The van der Waals surface area contributed by atoms with Crippen molar-refractivity contribution in [2.45, 2.75) is 59.3 Å². The molecule has 2 rings (SSSR count). The first kappa shape index (κ1) is 22.6. The summed E-state index contributed by atoms with van der Waals surface area (Å²) in [6.45, 7) is 8.41. The fourth-order valence-corrected chi connectivity index (χ4v) is 4.65. The third-order valence-electron chi connectivity index (χ3n) is 4.36. The fraction of sp³-hybridized carbons (Fsp3) is 0.571. The van der Waals surface area contributed by atoms with Crippen molar-refractivity contribution >= 4 is 34.5 Å². The monoisotopic (exact) mass is 421 g/mol. The Morgan fingerprint density at radius 3 is 2.54 bits per heavy atom. The minimum Gasteiger partial charge on any atom is -0.356 e. The molecular formula is C21H31N3O2S2. The second kappa shape index (κ2) is 12.0. The lowest BCUT2D eigenvalue weighted by molar-refractivity contribution is -0.131. The molecule has 0 saturated heterocycles. The molecule has 0 fully saturated rings. The van der Waals surface area contributed by atoms with Gasteiger partial charge in [0.1, 0.15) is 0 Å². The van der Waals surface area contributed by atoms with Crippen LogP contribution in [0, 0.1) is 6.92 Å². The van der Waals surface area contributed by atoms with Gasteiger partial charge in [0.05, 0.1) is 15.6 Å². The summed E-state index contributed by atoms with van der Waals surface area (Å²) in [6, 6.07) is 4.20. The third-order valence-corrected chi connectivity index (χ3v) is 6.30. The molecule has 0 aromatic carbocycles. The molecule has 0 aliphatic carbocycles. The van der Waals surface area contributed by atoms with Crippen molar-refractivity contribution in [2.24, 2.45) is 0 Å². The van der Waals surface area contributed by atoms with Gasteiger partial charge in [0, 0.05) is 42.7 Å². The van der Waals surface area contributed by atoms with E-state index < -0.39 is 0 Å². The Morgan fingerprint density at radius 2 is 1.89 bits per heavy atom. The highest BCUT2D eigenvalue weighted by Gasteiger charge is 2.12. The maximum Gasteiger partial charge on any atom is 0.222 e. The molecule has 2 heterocycles. The van der Waals surface area contributed by atoms with Crippen LogP contribution < -0.4 is 5.32 Å². The quantitative estimate of drug-likeness (QED) is 0.542. The van der Waals surface area contributed by atoms with Crippen LogP contribution >= 0.6 is 22.7 Å². The predicted molar refractivity (Wildman–Crippen MR) is 118 cm³/mol. The molecule has 0 aliphatic heterocycles. The maximum atomic E-state index is 12.2. The summed E-state index contributed by atoms with van der Waals surface area (Å²) in [6.07, 6.45) is 4.23. The van der Waals surface area contributed by atoms with Crippen molar-refractivity contribution in [1.29, 1.82) is 0 Å². The van der Waals surface area contributed by atoms with Crippen molar-refractivity contribution < 1.29 is 9.59 Å². The van der Waals surface area contributed by atoms with Crippen molar-refractivity contribution in [3.63, 3.8) is 0 Å². The van der Waals surface area contributed by atoms with Gasteiger partial charge in [0.2, 0.25) is 11.8 Å². The van der Waals surface area contributed by atoms with Crippen LogP contribution in [0.3, 0.4) is 0 Å². The number of nitrogens with zero attached hydrogens (tertiary/aromatic N) is 2. The second-order valence-electron chi connectivity index (χ2n) is 6.85. The number of thiazole rings is 1. The number of thiophene rings is 1. The van der Waals surface area contributed by atoms with Gasteiger partial charge in [-0.2, -0.15) is 0 Å². The molecule has 0 atom stereocenters. The summed E-state index contributed by atoms with van der Waals surface area (Å²) in [5.74, 6) is 0.192. The number of hydrogen-bond acceptors (Lipinski definition) is 5. The maximum absolute atomic E-state index is 12.2. The van der Waals surface area contributed by atoms with E-state index in [2.05, 4.69) is 41.7 Å². The van der Waals surface area contributed by atoms with Crippen LogP contribution in [0.4, 0.5) is 0 Å². The van der Waals surface area contributed by atoms with E-state index in [9.17, 15) is 9.59 Å². The third kappa shape index (κ3) is 7.36. The summed E-state index contributed by atoms with van der Waals surface area (Å²) in [4.78, 5) is 33.1. The fourth-order valence-electron chi connectivity index (χ4n) is 3.00. The molecule has 154 valence electrons.